The van der Waals surface area contributed by atoms with Crippen molar-refractivity contribution < 1.29 is 18.3 Å². The Morgan fingerprint density at radius 1 is 1.11 bits per heavy atom. The molecule has 2 nitrogen and oxygen atoms in total. The standard InChI is InChI=1S/C13H13BrF2O2/c1-6(2)9-10(14)7-4-3-5-8(7)11-12(9)18-13(15,16)17-11/h6H,3-5H2,1-2H3. The summed E-state index contributed by atoms with van der Waals surface area (Å²) in [5, 5.41) is 0. The van der Waals surface area contributed by atoms with Crippen LogP contribution < -0.4 is 9.47 Å². The largest absolute Gasteiger partial charge is 0.586 e. The van der Waals surface area contributed by atoms with Crippen LogP contribution in [0, 0.1) is 0 Å². The molecule has 0 unspecified atom stereocenters. The highest BCUT2D eigenvalue weighted by atomic mass is 79.9. The lowest BCUT2D eigenvalue weighted by Crippen LogP contribution is -2.26. The first-order valence-corrected chi connectivity index (χ1v) is 6.83. The van der Waals surface area contributed by atoms with Crippen LogP contribution in [0.2, 0.25) is 0 Å². The van der Waals surface area contributed by atoms with Crippen molar-refractivity contribution in [2.24, 2.45) is 0 Å². The normalized spacial score (nSPS) is 19.4. The van der Waals surface area contributed by atoms with Crippen LogP contribution in [0.4, 0.5) is 8.78 Å². The third-order valence-corrected chi connectivity index (χ3v) is 4.37. The maximum Gasteiger partial charge on any atom is 0.586 e. The second-order valence-electron chi connectivity index (χ2n) is 5.02. The number of fused-ring (bicyclic) bond motifs is 3. The Kier molecular flexibility index (Phi) is 2.59. The van der Waals surface area contributed by atoms with Gasteiger partial charge in [-0.1, -0.05) is 29.8 Å². The maximum atomic E-state index is 13.3. The third-order valence-electron chi connectivity index (χ3n) is 3.46. The van der Waals surface area contributed by atoms with E-state index in [0.717, 1.165) is 40.4 Å². The molecule has 0 atom stereocenters. The molecule has 1 heterocycles. The predicted octanol–water partition coefficient (Wildman–Crippen LogP) is 4.38. The van der Waals surface area contributed by atoms with Crippen LogP contribution in [0.15, 0.2) is 4.47 Å². The van der Waals surface area contributed by atoms with Crippen LogP contribution in [0.5, 0.6) is 11.5 Å². The summed E-state index contributed by atoms with van der Waals surface area (Å²) in [7, 11) is 0. The van der Waals surface area contributed by atoms with E-state index in [9.17, 15) is 8.78 Å². The van der Waals surface area contributed by atoms with E-state index in [-0.39, 0.29) is 17.4 Å². The fourth-order valence-corrected chi connectivity index (χ4v) is 3.82. The average molecular weight is 319 g/mol. The summed E-state index contributed by atoms with van der Waals surface area (Å²) in [6.07, 6.45) is -0.897. The zero-order valence-corrected chi connectivity index (χ0v) is 11.7. The van der Waals surface area contributed by atoms with Gasteiger partial charge in [-0.3, -0.25) is 0 Å². The third kappa shape index (κ3) is 1.63. The summed E-state index contributed by atoms with van der Waals surface area (Å²) in [6.45, 7) is 3.92. The molecule has 0 bridgehead atoms. The second-order valence-corrected chi connectivity index (χ2v) is 5.81. The van der Waals surface area contributed by atoms with E-state index in [1.165, 1.54) is 0 Å². The van der Waals surface area contributed by atoms with Crippen molar-refractivity contribution in [1.29, 1.82) is 0 Å². The number of alkyl halides is 2. The van der Waals surface area contributed by atoms with E-state index in [1.807, 2.05) is 13.8 Å². The maximum absolute atomic E-state index is 13.3. The van der Waals surface area contributed by atoms with Crippen molar-refractivity contribution in [3.05, 3.63) is 21.2 Å². The molecule has 0 saturated heterocycles. The van der Waals surface area contributed by atoms with Gasteiger partial charge in [0.15, 0.2) is 11.5 Å². The summed E-state index contributed by atoms with van der Waals surface area (Å²) in [5.74, 6) is 0.554. The van der Waals surface area contributed by atoms with Gasteiger partial charge in [-0.2, -0.15) is 0 Å². The predicted molar refractivity (Wildman–Crippen MR) is 66.5 cm³/mol. The Balaban J connectivity index is 2.28. The first-order chi connectivity index (χ1) is 8.41. The van der Waals surface area contributed by atoms with Crippen LogP contribution in [0.3, 0.4) is 0 Å². The molecule has 0 spiro atoms. The molecule has 0 fully saturated rings. The number of hydrogen-bond donors (Lipinski definition) is 0. The van der Waals surface area contributed by atoms with Gasteiger partial charge in [-0.15, -0.1) is 8.78 Å². The van der Waals surface area contributed by atoms with Crippen LogP contribution >= 0.6 is 15.9 Å². The summed E-state index contributed by atoms with van der Waals surface area (Å²) >= 11 is 3.54. The number of rotatable bonds is 1. The van der Waals surface area contributed by atoms with Gasteiger partial charge < -0.3 is 9.47 Å². The van der Waals surface area contributed by atoms with Gasteiger partial charge in [0.2, 0.25) is 0 Å². The van der Waals surface area contributed by atoms with Gasteiger partial charge in [0, 0.05) is 15.6 Å². The van der Waals surface area contributed by atoms with E-state index in [4.69, 9.17) is 9.47 Å². The molecule has 0 saturated carbocycles. The van der Waals surface area contributed by atoms with Gasteiger partial charge in [-0.25, -0.2) is 0 Å². The summed E-state index contributed by atoms with van der Waals surface area (Å²) in [4.78, 5) is 0. The molecule has 1 aliphatic heterocycles. The highest BCUT2D eigenvalue weighted by molar-refractivity contribution is 9.10. The first kappa shape index (κ1) is 12.2. The Hall–Kier alpha value is -0.840. The molecule has 1 aromatic carbocycles. The number of hydrogen-bond acceptors (Lipinski definition) is 2. The van der Waals surface area contributed by atoms with Crippen molar-refractivity contribution in [1.82, 2.24) is 0 Å². The minimum Gasteiger partial charge on any atom is -0.395 e. The fraction of sp³-hybridized carbons (Fsp3) is 0.538. The quantitative estimate of drug-likeness (QED) is 0.765. The molecular formula is C13H13BrF2O2. The van der Waals surface area contributed by atoms with Crippen LogP contribution in [-0.4, -0.2) is 6.29 Å². The fourth-order valence-electron chi connectivity index (χ4n) is 2.74. The van der Waals surface area contributed by atoms with Gasteiger partial charge >= 0.3 is 6.29 Å². The van der Waals surface area contributed by atoms with E-state index in [2.05, 4.69) is 15.9 Å². The molecule has 2 aliphatic rings. The molecular weight excluding hydrogens is 306 g/mol. The molecule has 0 radical (unpaired) electrons. The number of halogens is 3. The lowest BCUT2D eigenvalue weighted by Gasteiger charge is -2.15. The van der Waals surface area contributed by atoms with Crippen LogP contribution in [-0.2, 0) is 12.8 Å². The van der Waals surface area contributed by atoms with Crippen molar-refractivity contribution in [2.75, 3.05) is 0 Å². The molecule has 3 rings (SSSR count). The minimum absolute atomic E-state index is 0.0940. The molecule has 98 valence electrons. The Labute approximate surface area is 112 Å². The monoisotopic (exact) mass is 318 g/mol. The van der Waals surface area contributed by atoms with E-state index in [0.29, 0.717) is 0 Å². The highest BCUT2D eigenvalue weighted by Crippen LogP contribution is 2.54. The lowest BCUT2D eigenvalue weighted by atomic mass is 9.96. The Morgan fingerprint density at radius 2 is 1.72 bits per heavy atom. The summed E-state index contributed by atoms with van der Waals surface area (Å²) in [6, 6.07) is 0. The Morgan fingerprint density at radius 3 is 2.39 bits per heavy atom. The van der Waals surface area contributed by atoms with Crippen LogP contribution in [0.1, 0.15) is 42.9 Å². The SMILES string of the molecule is CC(C)c1c(Br)c2c(c3c1OC(F)(F)O3)CCC2. The van der Waals surface area contributed by atoms with E-state index < -0.39 is 6.29 Å². The lowest BCUT2D eigenvalue weighted by molar-refractivity contribution is -0.287. The molecule has 0 aromatic heterocycles. The van der Waals surface area contributed by atoms with Gasteiger partial charge in [0.1, 0.15) is 0 Å². The first-order valence-electron chi connectivity index (χ1n) is 6.03. The summed E-state index contributed by atoms with van der Waals surface area (Å²) in [5.41, 5.74) is 2.75. The molecule has 1 aromatic rings. The van der Waals surface area contributed by atoms with Crippen LogP contribution in [0.25, 0.3) is 0 Å². The average Bonchev–Trinajstić information content (AvgIpc) is 2.80. The van der Waals surface area contributed by atoms with Crippen molar-refractivity contribution in [3.8, 4) is 11.5 Å². The molecule has 18 heavy (non-hydrogen) atoms. The second kappa shape index (κ2) is 3.83. The smallest absolute Gasteiger partial charge is 0.395 e. The van der Waals surface area contributed by atoms with Crippen molar-refractivity contribution >= 4 is 15.9 Å². The van der Waals surface area contributed by atoms with Crippen molar-refractivity contribution in [3.63, 3.8) is 0 Å². The van der Waals surface area contributed by atoms with Crippen molar-refractivity contribution in [2.45, 2.75) is 45.3 Å². The van der Waals surface area contributed by atoms with E-state index in [1.54, 1.807) is 0 Å². The van der Waals surface area contributed by atoms with Gasteiger partial charge in [0.25, 0.3) is 0 Å². The zero-order chi connectivity index (χ0) is 13.1. The summed E-state index contributed by atoms with van der Waals surface area (Å²) < 4.78 is 37.0. The van der Waals surface area contributed by atoms with E-state index >= 15 is 0 Å². The zero-order valence-electron chi connectivity index (χ0n) is 10.1. The Bertz CT molecular complexity index is 526. The van der Waals surface area contributed by atoms with Gasteiger partial charge in [-0.05, 0) is 30.7 Å². The molecule has 1 aliphatic carbocycles. The topological polar surface area (TPSA) is 18.5 Å². The number of ether oxygens (including phenoxy) is 2. The highest BCUT2D eigenvalue weighted by Gasteiger charge is 2.47. The molecule has 0 N–H and O–H groups in total. The van der Waals surface area contributed by atoms with Gasteiger partial charge in [0.05, 0.1) is 0 Å². The minimum atomic E-state index is -3.54. The number of benzene rings is 1. The molecule has 0 amide bonds. The molecule has 5 heteroatoms.